The molecule has 0 amide bonds. The van der Waals surface area contributed by atoms with Gasteiger partial charge in [0, 0.05) is 36.6 Å². The summed E-state index contributed by atoms with van der Waals surface area (Å²) in [5.41, 5.74) is 0.892. The van der Waals surface area contributed by atoms with E-state index in [1.807, 2.05) is 24.3 Å². The molecule has 0 aliphatic carbocycles. The summed E-state index contributed by atoms with van der Waals surface area (Å²) in [5, 5.41) is 8.12. The highest BCUT2D eigenvalue weighted by molar-refractivity contribution is 14.0. The maximum atomic E-state index is 5.91. The minimum atomic E-state index is 0. The highest BCUT2D eigenvalue weighted by atomic mass is 127. The number of hydrogen-bond acceptors (Lipinski definition) is 4. The van der Waals surface area contributed by atoms with E-state index in [-0.39, 0.29) is 24.0 Å². The van der Waals surface area contributed by atoms with Crippen LogP contribution in [0.3, 0.4) is 0 Å². The maximum absolute atomic E-state index is 5.91. The third-order valence-electron chi connectivity index (χ3n) is 4.58. The second-order valence-corrected chi connectivity index (χ2v) is 7.11. The fraction of sp³-hybridized carbons (Fsp3) is 0.526. The molecule has 6 nitrogen and oxygen atoms in total. The molecule has 1 aliphatic rings. The van der Waals surface area contributed by atoms with Crippen LogP contribution in [0, 0.1) is 5.92 Å². The Morgan fingerprint density at radius 1 is 1.30 bits per heavy atom. The summed E-state index contributed by atoms with van der Waals surface area (Å²) in [6.45, 7) is 8.03. The van der Waals surface area contributed by atoms with E-state index in [4.69, 9.17) is 21.1 Å². The van der Waals surface area contributed by atoms with E-state index in [9.17, 15) is 0 Å². The number of benzene rings is 1. The van der Waals surface area contributed by atoms with Crippen molar-refractivity contribution in [2.24, 2.45) is 10.9 Å². The van der Waals surface area contributed by atoms with Crippen LogP contribution in [-0.4, -0.2) is 47.2 Å². The molecule has 8 heteroatoms. The Bertz CT molecular complexity index is 726. The van der Waals surface area contributed by atoms with Crippen molar-refractivity contribution in [2.75, 3.05) is 26.2 Å². The predicted octanol–water partition coefficient (Wildman–Crippen LogP) is 4.25. The number of aromatic nitrogens is 2. The third-order valence-corrected chi connectivity index (χ3v) is 4.83. The van der Waals surface area contributed by atoms with Gasteiger partial charge in [0.05, 0.1) is 6.54 Å². The fourth-order valence-corrected chi connectivity index (χ4v) is 3.10. The Morgan fingerprint density at radius 2 is 2.00 bits per heavy atom. The highest BCUT2D eigenvalue weighted by Crippen LogP contribution is 2.19. The van der Waals surface area contributed by atoms with Gasteiger partial charge >= 0.3 is 0 Å². The zero-order chi connectivity index (χ0) is 18.4. The van der Waals surface area contributed by atoms with Gasteiger partial charge < -0.3 is 14.7 Å². The molecule has 0 unspecified atom stereocenters. The predicted molar refractivity (Wildman–Crippen MR) is 120 cm³/mol. The van der Waals surface area contributed by atoms with Gasteiger partial charge in [0.1, 0.15) is 0 Å². The Morgan fingerprint density at radius 3 is 2.67 bits per heavy atom. The summed E-state index contributed by atoms with van der Waals surface area (Å²) in [6, 6.07) is 7.41. The number of piperidine rings is 1. The van der Waals surface area contributed by atoms with Gasteiger partial charge in [-0.25, -0.2) is 0 Å². The molecular weight excluding hydrogens is 477 g/mol. The van der Waals surface area contributed by atoms with Crippen LogP contribution in [-0.2, 0) is 6.42 Å². The molecule has 0 saturated carbocycles. The Kier molecular flexibility index (Phi) is 8.82. The lowest BCUT2D eigenvalue weighted by molar-refractivity contribution is 0.273. The van der Waals surface area contributed by atoms with Gasteiger partial charge in [-0.3, -0.25) is 4.99 Å². The first-order chi connectivity index (χ1) is 12.7. The summed E-state index contributed by atoms with van der Waals surface area (Å²) >= 11 is 5.91. The minimum Gasteiger partial charge on any atom is -0.357 e. The van der Waals surface area contributed by atoms with Gasteiger partial charge in [-0.15, -0.1) is 24.0 Å². The maximum Gasteiger partial charge on any atom is 0.228 e. The molecule has 3 rings (SSSR count). The van der Waals surface area contributed by atoms with E-state index in [1.165, 1.54) is 12.8 Å². The van der Waals surface area contributed by atoms with E-state index < -0.39 is 0 Å². The summed E-state index contributed by atoms with van der Waals surface area (Å²) < 4.78 is 5.35. The van der Waals surface area contributed by atoms with Crippen LogP contribution < -0.4 is 5.32 Å². The first kappa shape index (κ1) is 21.9. The van der Waals surface area contributed by atoms with Crippen molar-refractivity contribution in [1.82, 2.24) is 20.4 Å². The lowest BCUT2D eigenvalue weighted by Gasteiger charge is -2.32. The summed E-state index contributed by atoms with van der Waals surface area (Å²) in [6.07, 6.45) is 3.07. The molecule has 0 radical (unpaired) electrons. The second kappa shape index (κ2) is 10.8. The fourth-order valence-electron chi connectivity index (χ4n) is 2.98. The lowest BCUT2D eigenvalue weighted by atomic mass is 10.00. The number of guanidine groups is 1. The largest absolute Gasteiger partial charge is 0.357 e. The average Bonchev–Trinajstić information content (AvgIpc) is 3.11. The summed E-state index contributed by atoms with van der Waals surface area (Å²) in [7, 11) is 0. The van der Waals surface area contributed by atoms with Crippen molar-refractivity contribution < 1.29 is 4.52 Å². The molecule has 1 N–H and O–H groups in total. The van der Waals surface area contributed by atoms with E-state index >= 15 is 0 Å². The number of nitrogens with one attached hydrogen (secondary N) is 1. The molecule has 2 heterocycles. The number of hydrogen-bond donors (Lipinski definition) is 1. The monoisotopic (exact) mass is 503 g/mol. The van der Waals surface area contributed by atoms with Crippen LogP contribution in [0.1, 0.15) is 32.6 Å². The molecule has 2 aromatic rings. The number of aliphatic imine (C=N–C) groups is 1. The second-order valence-electron chi connectivity index (χ2n) is 6.67. The van der Waals surface area contributed by atoms with Crippen LogP contribution in [0.5, 0.6) is 0 Å². The van der Waals surface area contributed by atoms with Crippen molar-refractivity contribution in [1.29, 1.82) is 0 Å². The molecule has 1 aromatic heterocycles. The van der Waals surface area contributed by atoms with Crippen molar-refractivity contribution in [3.8, 4) is 11.4 Å². The molecule has 1 aliphatic heterocycles. The van der Waals surface area contributed by atoms with Gasteiger partial charge in [0.25, 0.3) is 0 Å². The van der Waals surface area contributed by atoms with E-state index in [0.717, 1.165) is 37.1 Å². The molecular formula is C19H27ClIN5O. The lowest BCUT2D eigenvalue weighted by Crippen LogP contribution is -2.45. The highest BCUT2D eigenvalue weighted by Gasteiger charge is 2.18. The van der Waals surface area contributed by atoms with Gasteiger partial charge in [0.15, 0.2) is 5.96 Å². The number of nitrogens with zero attached hydrogens (tertiary/aromatic N) is 4. The number of rotatable bonds is 5. The standard InChI is InChI=1S/C19H26ClN5O.HI/c1-3-21-19(25-12-9-14(2)10-13-25)22-11-8-17-23-18(24-26-17)15-4-6-16(20)7-5-15;/h4-7,14H,3,8-13H2,1-2H3,(H,21,22);1H. The normalized spacial score (nSPS) is 15.5. The quantitative estimate of drug-likeness (QED) is 0.375. The van der Waals surface area contributed by atoms with Gasteiger partial charge in [0.2, 0.25) is 11.7 Å². The molecule has 0 bridgehead atoms. The molecule has 1 fully saturated rings. The third kappa shape index (κ3) is 6.34. The van der Waals surface area contributed by atoms with Crippen LogP contribution in [0.15, 0.2) is 33.8 Å². The van der Waals surface area contributed by atoms with Crippen molar-refractivity contribution in [3.05, 3.63) is 35.2 Å². The zero-order valence-corrected chi connectivity index (χ0v) is 18.9. The van der Waals surface area contributed by atoms with E-state index in [0.29, 0.717) is 29.7 Å². The number of halogens is 2. The first-order valence-corrected chi connectivity index (χ1v) is 9.65. The molecule has 1 saturated heterocycles. The molecule has 0 spiro atoms. The Labute approximate surface area is 182 Å². The Balaban J connectivity index is 0.00000261. The van der Waals surface area contributed by atoms with Gasteiger partial charge in [-0.2, -0.15) is 4.98 Å². The van der Waals surface area contributed by atoms with Gasteiger partial charge in [-0.1, -0.05) is 23.7 Å². The number of likely N-dealkylation sites (tertiary alicyclic amines) is 1. The van der Waals surface area contributed by atoms with Crippen molar-refractivity contribution >= 4 is 41.5 Å². The van der Waals surface area contributed by atoms with Crippen LogP contribution in [0.25, 0.3) is 11.4 Å². The van der Waals surface area contributed by atoms with E-state index in [2.05, 4.69) is 34.2 Å². The molecule has 27 heavy (non-hydrogen) atoms. The van der Waals surface area contributed by atoms with Crippen molar-refractivity contribution in [2.45, 2.75) is 33.1 Å². The van der Waals surface area contributed by atoms with Gasteiger partial charge in [-0.05, 0) is 49.9 Å². The first-order valence-electron chi connectivity index (χ1n) is 9.27. The van der Waals surface area contributed by atoms with Crippen LogP contribution in [0.4, 0.5) is 0 Å². The molecule has 0 atom stereocenters. The summed E-state index contributed by atoms with van der Waals surface area (Å²) in [5.74, 6) is 2.97. The van der Waals surface area contributed by atoms with Crippen molar-refractivity contribution in [3.63, 3.8) is 0 Å². The van der Waals surface area contributed by atoms with Crippen LogP contribution >= 0.6 is 35.6 Å². The molecule has 1 aromatic carbocycles. The zero-order valence-electron chi connectivity index (χ0n) is 15.8. The smallest absolute Gasteiger partial charge is 0.228 e. The van der Waals surface area contributed by atoms with Crippen LogP contribution in [0.2, 0.25) is 5.02 Å². The minimum absolute atomic E-state index is 0. The van der Waals surface area contributed by atoms with E-state index in [1.54, 1.807) is 0 Å². The average molecular weight is 504 g/mol. The summed E-state index contributed by atoms with van der Waals surface area (Å²) in [4.78, 5) is 11.5. The Hall–Kier alpha value is -1.35. The molecule has 148 valence electrons. The SMILES string of the molecule is CCNC(=NCCc1nc(-c2ccc(Cl)cc2)no1)N1CCC(C)CC1.I. The topological polar surface area (TPSA) is 66.5 Å².